The van der Waals surface area contributed by atoms with E-state index in [1.807, 2.05) is 12.3 Å². The highest BCUT2D eigenvalue weighted by atomic mass is 32.2. The topological polar surface area (TPSA) is 52.6 Å². The van der Waals surface area contributed by atoms with Crippen molar-refractivity contribution in [2.75, 3.05) is 6.26 Å². The molecule has 0 aliphatic carbocycles. The number of halogens is 3. The van der Waals surface area contributed by atoms with Gasteiger partial charge in [0.1, 0.15) is 17.6 Å². The molecule has 0 radical (unpaired) electrons. The van der Waals surface area contributed by atoms with Gasteiger partial charge in [0.05, 0.1) is 11.2 Å². The quantitative estimate of drug-likeness (QED) is 0.797. The second kappa shape index (κ2) is 7.24. The molecule has 1 aromatic carbocycles. The van der Waals surface area contributed by atoms with Crippen LogP contribution in [0.15, 0.2) is 59.6 Å². The maximum absolute atomic E-state index is 12.2. The van der Waals surface area contributed by atoms with Crippen molar-refractivity contribution in [2.45, 2.75) is 17.5 Å². The third kappa shape index (κ3) is 4.80. The minimum absolute atomic E-state index is 0.289. The van der Waals surface area contributed by atoms with Crippen LogP contribution in [-0.4, -0.2) is 17.6 Å². The Labute approximate surface area is 145 Å². The van der Waals surface area contributed by atoms with E-state index in [0.717, 1.165) is 5.03 Å². The van der Waals surface area contributed by atoms with Crippen LogP contribution in [0.4, 0.5) is 13.2 Å². The number of rotatable bonds is 5. The van der Waals surface area contributed by atoms with Crippen LogP contribution < -0.4 is 15.0 Å². The number of hydrogen-bond acceptors (Lipinski definition) is 6. The van der Waals surface area contributed by atoms with Crippen molar-refractivity contribution in [3.8, 4) is 11.5 Å². The summed E-state index contributed by atoms with van der Waals surface area (Å²) >= 11 is 1.52. The first-order valence-corrected chi connectivity index (χ1v) is 8.32. The van der Waals surface area contributed by atoms with Crippen molar-refractivity contribution < 1.29 is 27.5 Å². The minimum Gasteiger partial charge on any atom is -0.438 e. The van der Waals surface area contributed by atoms with E-state index in [2.05, 4.69) is 15.2 Å². The lowest BCUT2D eigenvalue weighted by Crippen LogP contribution is -2.17. The van der Waals surface area contributed by atoms with Gasteiger partial charge in [-0.15, -0.1) is 24.9 Å². The van der Waals surface area contributed by atoms with E-state index < -0.39 is 12.5 Å². The first-order chi connectivity index (χ1) is 11.9. The fraction of sp³-hybridized carbons (Fsp3) is 0.188. The van der Waals surface area contributed by atoms with Gasteiger partial charge in [0, 0.05) is 6.08 Å². The molecule has 9 heteroatoms. The van der Waals surface area contributed by atoms with Crippen LogP contribution in [0.1, 0.15) is 11.7 Å². The fourth-order valence-corrected chi connectivity index (χ4v) is 2.44. The van der Waals surface area contributed by atoms with Crippen molar-refractivity contribution in [2.24, 2.45) is 0 Å². The summed E-state index contributed by atoms with van der Waals surface area (Å²) < 4.78 is 45.9. The first-order valence-electron chi connectivity index (χ1n) is 7.10. The highest BCUT2D eigenvalue weighted by Gasteiger charge is 2.31. The van der Waals surface area contributed by atoms with Crippen molar-refractivity contribution in [3.05, 3.63) is 60.1 Å². The SMILES string of the molecule is CSc1ccc(OC2=CC(c3ccc(OC(F)(F)F)cc3)ON2)cn1. The summed E-state index contributed by atoms with van der Waals surface area (Å²) in [6, 6.07) is 9.03. The molecular weight excluding hydrogens is 357 g/mol. The highest BCUT2D eigenvalue weighted by molar-refractivity contribution is 7.98. The number of hydrogen-bond donors (Lipinski definition) is 1. The summed E-state index contributed by atoms with van der Waals surface area (Å²) in [6.07, 6.45) is -0.0258. The summed E-state index contributed by atoms with van der Waals surface area (Å²) in [7, 11) is 0. The van der Waals surface area contributed by atoms with Gasteiger partial charge < -0.3 is 9.47 Å². The molecule has 1 unspecified atom stereocenters. The second-order valence-corrected chi connectivity index (χ2v) is 5.75. The zero-order valence-corrected chi connectivity index (χ0v) is 13.7. The molecule has 2 aromatic rings. The van der Waals surface area contributed by atoms with Crippen LogP contribution >= 0.6 is 11.8 Å². The number of benzene rings is 1. The third-order valence-corrected chi connectivity index (χ3v) is 3.84. The number of thioether (sulfide) groups is 1. The van der Waals surface area contributed by atoms with Gasteiger partial charge in [0.2, 0.25) is 5.88 Å². The van der Waals surface area contributed by atoms with Crippen LogP contribution in [0.25, 0.3) is 0 Å². The molecule has 0 saturated heterocycles. The highest BCUT2D eigenvalue weighted by Crippen LogP contribution is 2.29. The van der Waals surface area contributed by atoms with E-state index in [1.54, 1.807) is 18.3 Å². The Morgan fingerprint density at radius 3 is 2.44 bits per heavy atom. The molecule has 1 aromatic heterocycles. The van der Waals surface area contributed by atoms with Crippen molar-refractivity contribution in [1.29, 1.82) is 0 Å². The Kier molecular flexibility index (Phi) is 5.05. The zero-order valence-electron chi connectivity index (χ0n) is 12.9. The molecule has 1 atom stereocenters. The van der Waals surface area contributed by atoms with Gasteiger partial charge in [-0.3, -0.25) is 4.84 Å². The third-order valence-electron chi connectivity index (χ3n) is 3.18. The minimum atomic E-state index is -4.71. The smallest absolute Gasteiger partial charge is 0.438 e. The summed E-state index contributed by atoms with van der Waals surface area (Å²) in [4.78, 5) is 9.55. The van der Waals surface area contributed by atoms with Gasteiger partial charge in [-0.1, -0.05) is 12.1 Å². The Morgan fingerprint density at radius 2 is 1.84 bits per heavy atom. The first kappa shape index (κ1) is 17.4. The molecule has 1 aliphatic heterocycles. The molecule has 0 saturated carbocycles. The summed E-state index contributed by atoms with van der Waals surface area (Å²) in [6.45, 7) is 0. The molecule has 0 fully saturated rings. The van der Waals surface area contributed by atoms with Gasteiger partial charge >= 0.3 is 6.36 Å². The molecule has 132 valence electrons. The van der Waals surface area contributed by atoms with Crippen molar-refractivity contribution >= 4 is 11.8 Å². The van der Waals surface area contributed by atoms with Gasteiger partial charge in [-0.25, -0.2) is 10.5 Å². The predicted molar refractivity (Wildman–Crippen MR) is 84.8 cm³/mol. The number of ether oxygens (including phenoxy) is 2. The van der Waals surface area contributed by atoms with Crippen LogP contribution in [-0.2, 0) is 4.84 Å². The maximum Gasteiger partial charge on any atom is 0.573 e. The molecule has 1 N–H and O–H groups in total. The molecule has 0 spiro atoms. The molecular formula is C16H13F3N2O3S. The zero-order chi connectivity index (χ0) is 17.9. The van der Waals surface area contributed by atoms with Crippen LogP contribution in [0.2, 0.25) is 0 Å². The lowest BCUT2D eigenvalue weighted by atomic mass is 10.1. The maximum atomic E-state index is 12.2. The van der Waals surface area contributed by atoms with Crippen LogP contribution in [0.5, 0.6) is 11.5 Å². The summed E-state index contributed by atoms with van der Waals surface area (Å²) in [5.41, 5.74) is 3.28. The molecule has 25 heavy (non-hydrogen) atoms. The number of alkyl halides is 3. The monoisotopic (exact) mass is 370 g/mol. The van der Waals surface area contributed by atoms with E-state index in [0.29, 0.717) is 17.2 Å². The van der Waals surface area contributed by atoms with Crippen molar-refractivity contribution in [1.82, 2.24) is 10.5 Å². The lowest BCUT2D eigenvalue weighted by Gasteiger charge is -2.11. The lowest BCUT2D eigenvalue weighted by molar-refractivity contribution is -0.274. The summed E-state index contributed by atoms with van der Waals surface area (Å²) in [5, 5.41) is 0.871. The molecule has 3 rings (SSSR count). The number of pyridine rings is 1. The number of nitrogens with zero attached hydrogens (tertiary/aromatic N) is 1. The molecule has 0 bridgehead atoms. The Hall–Kier alpha value is -2.39. The molecule has 0 amide bonds. The molecule has 2 heterocycles. The van der Waals surface area contributed by atoms with Crippen molar-refractivity contribution in [3.63, 3.8) is 0 Å². The van der Waals surface area contributed by atoms with Gasteiger partial charge in [0.25, 0.3) is 0 Å². The van der Waals surface area contributed by atoms with Gasteiger partial charge in [-0.05, 0) is 36.1 Å². The molecule has 1 aliphatic rings. The number of nitrogens with one attached hydrogen (secondary N) is 1. The Bertz CT molecular complexity index is 749. The van der Waals surface area contributed by atoms with E-state index >= 15 is 0 Å². The second-order valence-electron chi connectivity index (χ2n) is 4.93. The van der Waals surface area contributed by atoms with Crippen LogP contribution in [0.3, 0.4) is 0 Å². The van der Waals surface area contributed by atoms with E-state index in [4.69, 9.17) is 9.57 Å². The standard InChI is InChI=1S/C16H13F3N2O3S/c1-25-15-7-6-12(9-20-15)22-14-8-13(24-21-14)10-2-4-11(5-3-10)23-16(17,18)19/h2-9,13,21H,1H3. The molecule has 5 nitrogen and oxygen atoms in total. The van der Waals surface area contributed by atoms with Gasteiger partial charge in [-0.2, -0.15) is 0 Å². The predicted octanol–water partition coefficient (Wildman–Crippen LogP) is 4.20. The number of hydroxylamine groups is 1. The van der Waals surface area contributed by atoms with Gasteiger partial charge in [0.15, 0.2) is 0 Å². The van der Waals surface area contributed by atoms with E-state index in [9.17, 15) is 13.2 Å². The fourth-order valence-electron chi connectivity index (χ4n) is 2.08. The van der Waals surface area contributed by atoms with E-state index in [1.165, 1.54) is 36.0 Å². The van der Waals surface area contributed by atoms with Crippen LogP contribution in [0, 0.1) is 0 Å². The number of aromatic nitrogens is 1. The Morgan fingerprint density at radius 1 is 1.12 bits per heavy atom. The summed E-state index contributed by atoms with van der Waals surface area (Å²) in [5.74, 6) is 0.622. The largest absolute Gasteiger partial charge is 0.573 e. The van der Waals surface area contributed by atoms with E-state index in [-0.39, 0.29) is 5.75 Å². The average molecular weight is 370 g/mol. The average Bonchev–Trinajstić information content (AvgIpc) is 3.03. The normalized spacial score (nSPS) is 17.0. The Balaban J connectivity index is 1.64.